The molecule has 5 nitrogen and oxygen atoms in total. The van der Waals surface area contributed by atoms with E-state index < -0.39 is 0 Å². The summed E-state index contributed by atoms with van der Waals surface area (Å²) in [5.41, 5.74) is 1.82. The van der Waals surface area contributed by atoms with Crippen molar-refractivity contribution >= 4 is 11.8 Å². The molecule has 1 fully saturated rings. The average Bonchev–Trinajstić information content (AvgIpc) is 3.26. The molecule has 2 aliphatic heterocycles. The quantitative estimate of drug-likeness (QED) is 0.801. The second-order valence-corrected chi connectivity index (χ2v) is 7.45. The molecule has 27 heavy (non-hydrogen) atoms. The standard InChI is InChI=1S/C22H24N2O3/c1-27-15-22(11-12-23-14-22)19(13-16-7-3-2-4-8-16)24-20(25)17-9-5-6-10-18(17)21(24)26/h2-10,19,23H,11-15H2,1H3. The van der Waals surface area contributed by atoms with E-state index in [1.807, 2.05) is 42.5 Å². The van der Waals surface area contributed by atoms with Crippen LogP contribution in [0.4, 0.5) is 0 Å². The number of ether oxygens (including phenoxy) is 1. The van der Waals surface area contributed by atoms with E-state index in [2.05, 4.69) is 5.32 Å². The van der Waals surface area contributed by atoms with E-state index in [-0.39, 0.29) is 23.3 Å². The summed E-state index contributed by atoms with van der Waals surface area (Å²) in [7, 11) is 1.68. The second-order valence-electron chi connectivity index (χ2n) is 7.45. The van der Waals surface area contributed by atoms with Crippen LogP contribution >= 0.6 is 0 Å². The molecule has 140 valence electrons. The Bertz CT molecular complexity index is 809. The third kappa shape index (κ3) is 3.07. The number of hydrogen-bond donors (Lipinski definition) is 1. The molecule has 0 bridgehead atoms. The fourth-order valence-corrected chi connectivity index (χ4v) is 4.46. The van der Waals surface area contributed by atoms with Crippen LogP contribution < -0.4 is 5.32 Å². The number of hydrogen-bond acceptors (Lipinski definition) is 4. The number of carbonyl (C=O) groups excluding carboxylic acids is 2. The molecule has 4 rings (SSSR count). The van der Waals surface area contributed by atoms with Crippen molar-refractivity contribution in [2.24, 2.45) is 5.41 Å². The van der Waals surface area contributed by atoms with Crippen LogP contribution in [-0.4, -0.2) is 49.6 Å². The number of carbonyl (C=O) groups is 2. The van der Waals surface area contributed by atoms with Gasteiger partial charge in [0.1, 0.15) is 0 Å². The van der Waals surface area contributed by atoms with E-state index in [9.17, 15) is 9.59 Å². The van der Waals surface area contributed by atoms with E-state index in [0.717, 1.165) is 25.1 Å². The Morgan fingerprint density at radius 1 is 1.04 bits per heavy atom. The smallest absolute Gasteiger partial charge is 0.261 e. The van der Waals surface area contributed by atoms with Crippen LogP contribution in [-0.2, 0) is 11.2 Å². The number of nitrogens with zero attached hydrogens (tertiary/aromatic N) is 1. The van der Waals surface area contributed by atoms with Gasteiger partial charge < -0.3 is 10.1 Å². The highest BCUT2D eigenvalue weighted by atomic mass is 16.5. The molecule has 0 saturated carbocycles. The van der Waals surface area contributed by atoms with Crippen LogP contribution in [0.5, 0.6) is 0 Å². The molecule has 2 heterocycles. The molecule has 2 aromatic carbocycles. The third-order valence-corrected chi connectivity index (χ3v) is 5.82. The second kappa shape index (κ2) is 7.25. The lowest BCUT2D eigenvalue weighted by atomic mass is 9.76. The Morgan fingerprint density at radius 2 is 1.67 bits per heavy atom. The lowest BCUT2D eigenvalue weighted by molar-refractivity contribution is 0.0129. The summed E-state index contributed by atoms with van der Waals surface area (Å²) < 4.78 is 5.57. The van der Waals surface area contributed by atoms with Gasteiger partial charge in [-0.2, -0.15) is 0 Å². The minimum Gasteiger partial charge on any atom is -0.384 e. The zero-order chi connectivity index (χ0) is 18.9. The molecule has 2 aromatic rings. The molecule has 1 N–H and O–H groups in total. The summed E-state index contributed by atoms with van der Waals surface area (Å²) >= 11 is 0. The zero-order valence-corrected chi connectivity index (χ0v) is 15.5. The Kier molecular flexibility index (Phi) is 4.81. The van der Waals surface area contributed by atoms with Crippen LogP contribution in [0.2, 0.25) is 0 Å². The maximum absolute atomic E-state index is 13.2. The molecule has 5 heteroatoms. The van der Waals surface area contributed by atoms with Crippen LogP contribution in [0.1, 0.15) is 32.7 Å². The van der Waals surface area contributed by atoms with Crippen molar-refractivity contribution in [2.45, 2.75) is 18.9 Å². The fraction of sp³-hybridized carbons (Fsp3) is 0.364. The number of rotatable bonds is 6. The molecule has 1 saturated heterocycles. The van der Waals surface area contributed by atoms with Crippen molar-refractivity contribution in [1.82, 2.24) is 10.2 Å². The first-order valence-electron chi connectivity index (χ1n) is 9.37. The van der Waals surface area contributed by atoms with Crippen LogP contribution in [0.3, 0.4) is 0 Å². The van der Waals surface area contributed by atoms with E-state index in [1.54, 1.807) is 19.2 Å². The summed E-state index contributed by atoms with van der Waals surface area (Å²) in [4.78, 5) is 27.9. The van der Waals surface area contributed by atoms with E-state index >= 15 is 0 Å². The number of fused-ring (bicyclic) bond motifs is 1. The van der Waals surface area contributed by atoms with Gasteiger partial charge in [-0.25, -0.2) is 0 Å². The number of nitrogens with one attached hydrogen (secondary N) is 1. The molecular formula is C22H24N2O3. The van der Waals surface area contributed by atoms with Gasteiger partial charge in [-0.15, -0.1) is 0 Å². The van der Waals surface area contributed by atoms with Crippen molar-refractivity contribution in [3.8, 4) is 0 Å². The van der Waals surface area contributed by atoms with Crippen LogP contribution in [0.25, 0.3) is 0 Å². The summed E-state index contributed by atoms with van der Waals surface area (Å²) in [6, 6.07) is 16.9. The maximum Gasteiger partial charge on any atom is 0.261 e. The van der Waals surface area contributed by atoms with Gasteiger partial charge in [0.25, 0.3) is 11.8 Å². The molecule has 0 aliphatic carbocycles. The summed E-state index contributed by atoms with van der Waals surface area (Å²) in [6.45, 7) is 2.09. The third-order valence-electron chi connectivity index (χ3n) is 5.82. The zero-order valence-electron chi connectivity index (χ0n) is 15.5. The predicted octanol–water partition coefficient (Wildman–Crippen LogP) is 2.52. The summed E-state index contributed by atoms with van der Waals surface area (Å²) in [5, 5.41) is 3.41. The highest BCUT2D eigenvalue weighted by Gasteiger charge is 2.50. The Labute approximate surface area is 159 Å². The first-order chi connectivity index (χ1) is 13.2. The van der Waals surface area contributed by atoms with E-state index in [1.165, 1.54) is 4.90 Å². The molecular weight excluding hydrogens is 340 g/mol. The number of benzene rings is 2. The molecule has 0 spiro atoms. The van der Waals surface area contributed by atoms with Crippen molar-refractivity contribution in [3.05, 3.63) is 71.3 Å². The van der Waals surface area contributed by atoms with Crippen LogP contribution in [0, 0.1) is 5.41 Å². The van der Waals surface area contributed by atoms with Crippen molar-refractivity contribution in [2.75, 3.05) is 26.8 Å². The van der Waals surface area contributed by atoms with Gasteiger partial charge in [0.05, 0.1) is 23.8 Å². The van der Waals surface area contributed by atoms with Crippen molar-refractivity contribution in [1.29, 1.82) is 0 Å². The van der Waals surface area contributed by atoms with E-state index in [4.69, 9.17) is 4.74 Å². The minimum atomic E-state index is -0.294. The first kappa shape index (κ1) is 17.9. The predicted molar refractivity (Wildman–Crippen MR) is 103 cm³/mol. The minimum absolute atomic E-state index is 0.195. The number of amides is 2. The van der Waals surface area contributed by atoms with Gasteiger partial charge in [0.2, 0.25) is 0 Å². The Hall–Kier alpha value is -2.50. The largest absolute Gasteiger partial charge is 0.384 e. The molecule has 2 amide bonds. The van der Waals surface area contributed by atoms with Gasteiger partial charge in [0, 0.05) is 19.1 Å². The number of imide groups is 1. The lowest BCUT2D eigenvalue weighted by Gasteiger charge is -2.41. The molecule has 2 aliphatic rings. The maximum atomic E-state index is 13.2. The van der Waals surface area contributed by atoms with Crippen molar-refractivity contribution in [3.63, 3.8) is 0 Å². The molecule has 2 unspecified atom stereocenters. The first-order valence-corrected chi connectivity index (χ1v) is 9.37. The van der Waals surface area contributed by atoms with Gasteiger partial charge in [-0.05, 0) is 37.1 Å². The average molecular weight is 364 g/mol. The SMILES string of the molecule is COCC1(C(Cc2ccccc2)N2C(=O)c3ccccc3C2=O)CCNC1. The summed E-state index contributed by atoms with van der Waals surface area (Å²) in [6.07, 6.45) is 1.49. The topological polar surface area (TPSA) is 58.6 Å². The normalized spacial score (nSPS) is 22.9. The van der Waals surface area contributed by atoms with Crippen LogP contribution in [0.15, 0.2) is 54.6 Å². The highest BCUT2D eigenvalue weighted by molar-refractivity contribution is 6.21. The molecule has 2 atom stereocenters. The van der Waals surface area contributed by atoms with Gasteiger partial charge in [0.15, 0.2) is 0 Å². The Morgan fingerprint density at radius 3 is 2.22 bits per heavy atom. The number of methoxy groups -OCH3 is 1. The fourth-order valence-electron chi connectivity index (χ4n) is 4.46. The molecule has 0 aromatic heterocycles. The highest BCUT2D eigenvalue weighted by Crippen LogP contribution is 2.39. The molecule has 0 radical (unpaired) electrons. The van der Waals surface area contributed by atoms with Gasteiger partial charge in [-0.3, -0.25) is 14.5 Å². The van der Waals surface area contributed by atoms with E-state index in [0.29, 0.717) is 24.2 Å². The van der Waals surface area contributed by atoms with Gasteiger partial charge in [-0.1, -0.05) is 42.5 Å². The lowest BCUT2D eigenvalue weighted by Crippen LogP contribution is -2.54. The summed E-state index contributed by atoms with van der Waals surface area (Å²) in [5.74, 6) is -0.391. The van der Waals surface area contributed by atoms with Gasteiger partial charge >= 0.3 is 0 Å². The Balaban J connectivity index is 1.76. The monoisotopic (exact) mass is 364 g/mol. The van der Waals surface area contributed by atoms with Crippen molar-refractivity contribution < 1.29 is 14.3 Å².